The van der Waals surface area contributed by atoms with E-state index in [0.29, 0.717) is 35.9 Å². The number of nitrogen functional groups attached to an aromatic ring is 1. The van der Waals surface area contributed by atoms with Crippen molar-refractivity contribution >= 4 is 29.1 Å². The van der Waals surface area contributed by atoms with Gasteiger partial charge >= 0.3 is 6.18 Å². The number of rotatable bonds is 7. The van der Waals surface area contributed by atoms with Gasteiger partial charge in [-0.2, -0.15) is 18.3 Å². The van der Waals surface area contributed by atoms with Gasteiger partial charge in [-0.1, -0.05) is 17.7 Å². The Morgan fingerprint density at radius 2 is 1.90 bits per heavy atom. The number of pyridine rings is 1. The van der Waals surface area contributed by atoms with Crippen molar-refractivity contribution in [1.82, 2.24) is 40.7 Å². The van der Waals surface area contributed by atoms with Gasteiger partial charge in [0, 0.05) is 25.7 Å². The first-order chi connectivity index (χ1) is 20.0. The Balaban J connectivity index is 1.29. The van der Waals surface area contributed by atoms with E-state index in [4.69, 9.17) is 17.3 Å². The van der Waals surface area contributed by atoms with Crippen LogP contribution >= 0.6 is 11.6 Å². The fourth-order valence-corrected chi connectivity index (χ4v) is 5.05. The van der Waals surface area contributed by atoms with Crippen molar-refractivity contribution < 1.29 is 22.8 Å². The highest BCUT2D eigenvalue weighted by molar-refractivity contribution is 6.33. The molecule has 0 saturated carbocycles. The average molecular weight is 602 g/mol. The summed E-state index contributed by atoms with van der Waals surface area (Å²) >= 11 is 6.41. The second kappa shape index (κ2) is 11.8. The maximum absolute atomic E-state index is 13.8. The Labute approximate surface area is 243 Å². The molecule has 4 aromatic rings. The number of hydrogen-bond donors (Lipinski definition) is 5. The summed E-state index contributed by atoms with van der Waals surface area (Å²) in [4.78, 5) is 38.2. The lowest BCUT2D eigenvalue weighted by Crippen LogP contribution is -2.44. The third-order valence-corrected chi connectivity index (χ3v) is 7.36. The third-order valence-electron chi connectivity index (χ3n) is 7.04. The first kappa shape index (κ1) is 29.1. The van der Waals surface area contributed by atoms with E-state index in [1.54, 1.807) is 23.1 Å². The van der Waals surface area contributed by atoms with Crippen molar-refractivity contribution in [3.8, 4) is 22.6 Å². The molecule has 0 unspecified atom stereocenters. The van der Waals surface area contributed by atoms with Gasteiger partial charge in [0.25, 0.3) is 11.8 Å². The zero-order valence-corrected chi connectivity index (χ0v) is 23.1. The molecular formula is C27H27ClF3N9O2. The Bertz CT molecular complexity index is 1590. The molecule has 6 N–H and O–H groups in total. The number of aromatic nitrogens is 5. The van der Waals surface area contributed by atoms with Gasteiger partial charge in [0.15, 0.2) is 11.5 Å². The van der Waals surface area contributed by atoms with Crippen LogP contribution < -0.4 is 16.4 Å². The zero-order chi connectivity index (χ0) is 30.0. The number of likely N-dealkylation sites (tertiary alicyclic amines) is 1. The normalized spacial score (nSPS) is 14.3. The number of alkyl halides is 3. The molecule has 1 saturated heterocycles. The van der Waals surface area contributed by atoms with Crippen LogP contribution in [0.15, 0.2) is 42.7 Å². The second-order valence-electron chi connectivity index (χ2n) is 9.79. The van der Waals surface area contributed by atoms with E-state index in [9.17, 15) is 22.8 Å². The molecule has 5 rings (SSSR count). The lowest BCUT2D eigenvalue weighted by atomic mass is 10.0. The number of piperidine rings is 1. The van der Waals surface area contributed by atoms with Crippen molar-refractivity contribution in [3.05, 3.63) is 70.4 Å². The van der Waals surface area contributed by atoms with E-state index in [1.165, 1.54) is 18.3 Å². The second-order valence-corrected chi connectivity index (χ2v) is 10.2. The highest BCUT2D eigenvalue weighted by Crippen LogP contribution is 2.40. The first-order valence-electron chi connectivity index (χ1n) is 13.0. The Morgan fingerprint density at radius 1 is 1.14 bits per heavy atom. The van der Waals surface area contributed by atoms with Crippen molar-refractivity contribution in [2.75, 3.05) is 25.9 Å². The number of amides is 2. The largest absolute Gasteiger partial charge is 0.435 e. The minimum absolute atomic E-state index is 0.0198. The van der Waals surface area contributed by atoms with Gasteiger partial charge in [0.1, 0.15) is 0 Å². The molecule has 220 valence electrons. The zero-order valence-electron chi connectivity index (χ0n) is 22.3. The van der Waals surface area contributed by atoms with Gasteiger partial charge in [-0.25, -0.2) is 4.98 Å². The number of anilines is 1. The number of nitrogens with zero attached hydrogens (tertiary/aromatic N) is 4. The summed E-state index contributed by atoms with van der Waals surface area (Å²) in [6.45, 7) is 1.30. The van der Waals surface area contributed by atoms with Crippen LogP contribution in [-0.2, 0) is 12.7 Å². The molecule has 0 radical (unpaired) electrons. The molecule has 1 fully saturated rings. The Hall–Kier alpha value is -4.43. The van der Waals surface area contributed by atoms with E-state index < -0.39 is 17.8 Å². The van der Waals surface area contributed by atoms with Crippen LogP contribution in [0.5, 0.6) is 0 Å². The van der Waals surface area contributed by atoms with E-state index in [0.717, 1.165) is 19.0 Å². The van der Waals surface area contributed by atoms with Gasteiger partial charge in [0.05, 0.1) is 51.3 Å². The van der Waals surface area contributed by atoms with Crippen molar-refractivity contribution in [2.24, 2.45) is 0 Å². The number of benzene rings is 1. The number of imidazole rings is 1. The third kappa shape index (κ3) is 6.09. The smallest absolute Gasteiger partial charge is 0.397 e. The number of H-pyrrole nitrogens is 2. The number of nitrogens with two attached hydrogens (primary N) is 1. The van der Waals surface area contributed by atoms with Gasteiger partial charge in [-0.15, -0.1) is 0 Å². The topological polar surface area (TPSA) is 158 Å². The minimum atomic E-state index is -4.79. The maximum atomic E-state index is 13.8. The van der Waals surface area contributed by atoms with E-state index >= 15 is 0 Å². The lowest BCUT2D eigenvalue weighted by molar-refractivity contribution is -0.140. The molecule has 3 aromatic heterocycles. The lowest BCUT2D eigenvalue weighted by Gasteiger charge is -2.32. The highest BCUT2D eigenvalue weighted by Gasteiger charge is 2.39. The summed E-state index contributed by atoms with van der Waals surface area (Å²) in [7, 11) is 1.90. The molecule has 0 atom stereocenters. The Kier molecular flexibility index (Phi) is 8.18. The standard InChI is InChI=1S/C27H27ClF3N9O2/c1-33-16-6-8-40(9-7-16)26(42)17-4-2-14(10-18(17)28)11-36-25(41)24-35-13-20(37-24)21-22(19-5-3-15(32)12-34-19)38-39-23(21)27(29,30)31/h2-5,10,12-13,16,33H,6-9,11,32H2,1H3,(H,35,37)(H,36,41)(H,38,39). The maximum Gasteiger partial charge on any atom is 0.435 e. The summed E-state index contributed by atoms with van der Waals surface area (Å²) < 4.78 is 41.3. The van der Waals surface area contributed by atoms with E-state index in [-0.39, 0.29) is 45.9 Å². The van der Waals surface area contributed by atoms with Crippen LogP contribution in [0.3, 0.4) is 0 Å². The average Bonchev–Trinajstić information content (AvgIpc) is 3.64. The van der Waals surface area contributed by atoms with E-state index in [1.807, 2.05) is 7.05 Å². The summed E-state index contributed by atoms with van der Waals surface area (Å²) in [6, 6.07) is 8.22. The molecule has 15 heteroatoms. The molecule has 0 aliphatic carbocycles. The number of carbonyl (C=O) groups is 2. The number of aromatic amines is 2. The molecule has 42 heavy (non-hydrogen) atoms. The first-order valence-corrected chi connectivity index (χ1v) is 13.4. The van der Waals surface area contributed by atoms with Crippen molar-refractivity contribution in [2.45, 2.75) is 31.6 Å². The van der Waals surface area contributed by atoms with E-state index in [2.05, 4.69) is 35.8 Å². The SMILES string of the molecule is CNC1CCN(C(=O)c2ccc(CNC(=O)c3ncc(-c4c(C(F)(F)F)n[nH]c4-c4ccc(N)cn4)[nH]3)cc2Cl)CC1. The monoisotopic (exact) mass is 601 g/mol. The number of carbonyl (C=O) groups excluding carboxylic acids is 2. The van der Waals surface area contributed by atoms with Crippen LogP contribution in [0.1, 0.15) is 45.1 Å². The van der Waals surface area contributed by atoms with Gasteiger partial charge < -0.3 is 26.3 Å². The number of hydrogen-bond acceptors (Lipinski definition) is 7. The molecule has 1 aliphatic heterocycles. The van der Waals surface area contributed by atoms with Crippen molar-refractivity contribution in [3.63, 3.8) is 0 Å². The highest BCUT2D eigenvalue weighted by atomic mass is 35.5. The van der Waals surface area contributed by atoms with Crippen LogP contribution in [0.25, 0.3) is 22.6 Å². The molecule has 4 heterocycles. The minimum Gasteiger partial charge on any atom is -0.397 e. The van der Waals surface area contributed by atoms with Gasteiger partial charge in [-0.05, 0) is 49.7 Å². The number of nitrogens with one attached hydrogen (secondary N) is 4. The summed E-state index contributed by atoms with van der Waals surface area (Å²) in [6.07, 6.45) is -0.652. The number of halogens is 4. The molecule has 2 amide bonds. The van der Waals surface area contributed by atoms with Gasteiger partial charge in [0.2, 0.25) is 0 Å². The fourth-order valence-electron chi connectivity index (χ4n) is 4.76. The van der Waals surface area contributed by atoms with Crippen LogP contribution in [-0.4, -0.2) is 68.0 Å². The summed E-state index contributed by atoms with van der Waals surface area (Å²) in [5, 5.41) is 12.0. The predicted octanol–water partition coefficient (Wildman–Crippen LogP) is 3.87. The summed E-state index contributed by atoms with van der Waals surface area (Å²) in [5.41, 5.74) is 5.52. The fraction of sp³-hybridized carbons (Fsp3) is 0.296. The molecule has 0 bridgehead atoms. The van der Waals surface area contributed by atoms with Crippen LogP contribution in [0.4, 0.5) is 18.9 Å². The molecule has 11 nitrogen and oxygen atoms in total. The van der Waals surface area contributed by atoms with Gasteiger partial charge in [-0.3, -0.25) is 19.7 Å². The summed E-state index contributed by atoms with van der Waals surface area (Å²) in [5.74, 6) is -1.02. The molecule has 0 spiro atoms. The van der Waals surface area contributed by atoms with Crippen LogP contribution in [0, 0.1) is 0 Å². The van der Waals surface area contributed by atoms with Crippen LogP contribution in [0.2, 0.25) is 5.02 Å². The Morgan fingerprint density at radius 3 is 2.55 bits per heavy atom. The van der Waals surface area contributed by atoms with Crippen molar-refractivity contribution in [1.29, 1.82) is 0 Å². The molecule has 1 aliphatic rings. The molecular weight excluding hydrogens is 575 g/mol. The quantitative estimate of drug-likeness (QED) is 0.215. The predicted molar refractivity (Wildman–Crippen MR) is 149 cm³/mol. The molecule has 1 aromatic carbocycles.